The molecule has 1 atom stereocenters. The van der Waals surface area contributed by atoms with Crippen LogP contribution in [0.15, 0.2) is 36.5 Å². The molecule has 1 fully saturated rings. The van der Waals surface area contributed by atoms with Gasteiger partial charge in [-0.2, -0.15) is 13.2 Å². The van der Waals surface area contributed by atoms with Crippen LogP contribution in [0.1, 0.15) is 36.4 Å². The number of amides is 1. The molecule has 30 heavy (non-hydrogen) atoms. The van der Waals surface area contributed by atoms with Crippen molar-refractivity contribution in [1.82, 2.24) is 10.3 Å². The van der Waals surface area contributed by atoms with E-state index in [2.05, 4.69) is 10.3 Å². The van der Waals surface area contributed by atoms with E-state index >= 15 is 0 Å². The second-order valence-corrected chi connectivity index (χ2v) is 7.93. The molecule has 1 amide bonds. The molecule has 4 rings (SSSR count). The molecule has 2 aromatic rings. The number of ether oxygens (including phenoxy) is 1. The Hall–Kier alpha value is -2.48. The molecule has 2 aliphatic heterocycles. The highest BCUT2D eigenvalue weighted by Gasteiger charge is 2.33. The molecule has 1 unspecified atom stereocenters. The molecule has 160 valence electrons. The number of carbonyl (C=O) groups is 1. The van der Waals surface area contributed by atoms with Crippen LogP contribution in [0.3, 0.4) is 0 Å². The number of benzene rings is 1. The van der Waals surface area contributed by atoms with E-state index in [9.17, 15) is 18.0 Å². The zero-order chi connectivity index (χ0) is 21.3. The number of hydrogen-bond acceptors (Lipinski definition) is 4. The lowest BCUT2D eigenvalue weighted by Crippen LogP contribution is -2.42. The predicted octanol–water partition coefficient (Wildman–Crippen LogP) is 4.61. The molecule has 0 saturated carbocycles. The number of piperidine rings is 1. The van der Waals surface area contributed by atoms with Gasteiger partial charge in [-0.25, -0.2) is 4.98 Å². The van der Waals surface area contributed by atoms with E-state index in [1.54, 1.807) is 0 Å². The fraction of sp³-hybridized carbons (Fsp3) is 0.429. The Bertz CT molecular complexity index is 930. The monoisotopic (exact) mass is 439 g/mol. The van der Waals surface area contributed by atoms with E-state index in [1.165, 1.54) is 0 Å². The summed E-state index contributed by atoms with van der Waals surface area (Å²) in [6, 6.07) is 8.50. The molecule has 0 bridgehead atoms. The Balaban J connectivity index is 1.37. The Morgan fingerprint density at radius 3 is 2.63 bits per heavy atom. The van der Waals surface area contributed by atoms with Crippen LogP contribution in [0.4, 0.5) is 19.0 Å². The standard InChI is InChI=1S/C21H21ClF3N3O2/c22-16-11-14(21(23,24)25)12-26-19(16)28-8-5-13(6-9-28)20(29)27-17-7-10-30-18-4-2-1-3-15(17)18/h1-4,11-13,17H,5-10H2,(H,27,29). The van der Waals surface area contributed by atoms with Crippen molar-refractivity contribution in [2.24, 2.45) is 5.92 Å². The number of nitrogens with one attached hydrogen (secondary N) is 1. The van der Waals surface area contributed by atoms with Crippen molar-refractivity contribution >= 4 is 23.3 Å². The van der Waals surface area contributed by atoms with E-state index in [1.807, 2.05) is 29.2 Å². The highest BCUT2D eigenvalue weighted by Crippen LogP contribution is 2.35. The van der Waals surface area contributed by atoms with Crippen molar-refractivity contribution < 1.29 is 22.7 Å². The average Bonchev–Trinajstić information content (AvgIpc) is 2.73. The average molecular weight is 440 g/mol. The molecule has 9 heteroatoms. The van der Waals surface area contributed by atoms with Crippen molar-refractivity contribution in [2.45, 2.75) is 31.5 Å². The van der Waals surface area contributed by atoms with Crippen molar-refractivity contribution in [3.63, 3.8) is 0 Å². The summed E-state index contributed by atoms with van der Waals surface area (Å²) in [5, 5.41) is 3.10. The van der Waals surface area contributed by atoms with E-state index in [0.717, 1.165) is 23.6 Å². The Morgan fingerprint density at radius 1 is 1.20 bits per heavy atom. The van der Waals surface area contributed by atoms with Gasteiger partial charge in [-0.05, 0) is 25.0 Å². The topological polar surface area (TPSA) is 54.5 Å². The number of rotatable bonds is 3. The highest BCUT2D eigenvalue weighted by molar-refractivity contribution is 6.33. The first-order valence-electron chi connectivity index (χ1n) is 9.82. The van der Waals surface area contributed by atoms with Gasteiger partial charge in [-0.15, -0.1) is 0 Å². The lowest BCUT2D eigenvalue weighted by molar-refractivity contribution is -0.137. The van der Waals surface area contributed by atoms with Crippen molar-refractivity contribution in [3.8, 4) is 5.75 Å². The van der Waals surface area contributed by atoms with Gasteiger partial charge in [0.25, 0.3) is 0 Å². The van der Waals surface area contributed by atoms with Crippen LogP contribution >= 0.6 is 11.6 Å². The molecule has 5 nitrogen and oxygen atoms in total. The fourth-order valence-electron chi connectivity index (χ4n) is 3.95. The van der Waals surface area contributed by atoms with Crippen LogP contribution in [-0.2, 0) is 11.0 Å². The summed E-state index contributed by atoms with van der Waals surface area (Å²) < 4.78 is 44.0. The normalized spacial score (nSPS) is 19.7. The Morgan fingerprint density at radius 2 is 1.93 bits per heavy atom. The molecular weight excluding hydrogens is 419 g/mol. The van der Waals surface area contributed by atoms with E-state index in [-0.39, 0.29) is 22.9 Å². The van der Waals surface area contributed by atoms with Crippen LogP contribution in [-0.4, -0.2) is 30.6 Å². The maximum absolute atomic E-state index is 12.8. The number of pyridine rings is 1. The van der Waals surface area contributed by atoms with Crippen LogP contribution in [0, 0.1) is 5.92 Å². The lowest BCUT2D eigenvalue weighted by Gasteiger charge is -2.34. The molecule has 1 aromatic carbocycles. The van der Waals surface area contributed by atoms with E-state index in [0.29, 0.717) is 44.8 Å². The Kier molecular flexibility index (Phi) is 5.77. The van der Waals surface area contributed by atoms with Crippen LogP contribution < -0.4 is 15.0 Å². The minimum absolute atomic E-state index is 0.0113. The zero-order valence-corrected chi connectivity index (χ0v) is 16.8. The third-order valence-corrected chi connectivity index (χ3v) is 5.87. The second-order valence-electron chi connectivity index (χ2n) is 7.52. The van der Waals surface area contributed by atoms with Gasteiger partial charge < -0.3 is 15.0 Å². The SMILES string of the molecule is O=C(NC1CCOc2ccccc21)C1CCN(c2ncc(C(F)(F)F)cc2Cl)CC1. The first-order chi connectivity index (χ1) is 14.3. The number of anilines is 1. The number of aromatic nitrogens is 1. The van der Waals surface area contributed by atoms with Crippen molar-refractivity contribution in [2.75, 3.05) is 24.6 Å². The van der Waals surface area contributed by atoms with Gasteiger partial charge in [0.1, 0.15) is 11.6 Å². The Labute approximate surface area is 177 Å². The molecule has 0 aliphatic carbocycles. The smallest absolute Gasteiger partial charge is 0.417 e. The largest absolute Gasteiger partial charge is 0.493 e. The van der Waals surface area contributed by atoms with Gasteiger partial charge in [-0.3, -0.25) is 4.79 Å². The summed E-state index contributed by atoms with van der Waals surface area (Å²) in [5.41, 5.74) is 0.109. The molecule has 0 spiro atoms. The summed E-state index contributed by atoms with van der Waals surface area (Å²) >= 11 is 6.05. The summed E-state index contributed by atoms with van der Waals surface area (Å²) in [5.74, 6) is 0.945. The van der Waals surface area contributed by atoms with Gasteiger partial charge in [0.05, 0.1) is 23.2 Å². The van der Waals surface area contributed by atoms with Gasteiger partial charge in [0, 0.05) is 37.2 Å². The van der Waals surface area contributed by atoms with Crippen molar-refractivity contribution in [1.29, 1.82) is 0 Å². The third-order valence-electron chi connectivity index (χ3n) is 5.59. The molecular formula is C21H21ClF3N3O2. The number of alkyl halides is 3. The number of fused-ring (bicyclic) bond motifs is 1. The first-order valence-corrected chi connectivity index (χ1v) is 10.2. The van der Waals surface area contributed by atoms with E-state index < -0.39 is 11.7 Å². The fourth-order valence-corrected chi connectivity index (χ4v) is 4.24. The second kappa shape index (κ2) is 8.34. The molecule has 1 N–H and O–H groups in total. The summed E-state index contributed by atoms with van der Waals surface area (Å²) in [6.07, 6.45) is -1.82. The van der Waals surface area contributed by atoms with Gasteiger partial charge in [-0.1, -0.05) is 29.8 Å². The minimum atomic E-state index is -4.48. The van der Waals surface area contributed by atoms with Gasteiger partial charge in [0.2, 0.25) is 5.91 Å². The lowest BCUT2D eigenvalue weighted by atomic mass is 9.94. The summed E-state index contributed by atoms with van der Waals surface area (Å²) in [6.45, 7) is 1.56. The van der Waals surface area contributed by atoms with Gasteiger partial charge >= 0.3 is 6.18 Å². The summed E-state index contributed by atoms with van der Waals surface area (Å²) in [7, 11) is 0. The van der Waals surface area contributed by atoms with Gasteiger partial charge in [0.15, 0.2) is 0 Å². The van der Waals surface area contributed by atoms with Crippen LogP contribution in [0.2, 0.25) is 5.02 Å². The van der Waals surface area contributed by atoms with Crippen molar-refractivity contribution in [3.05, 3.63) is 52.7 Å². The molecule has 1 saturated heterocycles. The number of carbonyl (C=O) groups excluding carboxylic acids is 1. The first kappa shape index (κ1) is 20.8. The third kappa shape index (κ3) is 4.33. The maximum atomic E-state index is 12.8. The van der Waals surface area contributed by atoms with E-state index in [4.69, 9.17) is 16.3 Å². The minimum Gasteiger partial charge on any atom is -0.493 e. The van der Waals surface area contributed by atoms with Crippen LogP contribution in [0.5, 0.6) is 5.75 Å². The number of para-hydroxylation sites is 1. The zero-order valence-electron chi connectivity index (χ0n) is 16.1. The van der Waals surface area contributed by atoms with Crippen LogP contribution in [0.25, 0.3) is 0 Å². The molecule has 1 aromatic heterocycles. The molecule has 2 aliphatic rings. The predicted molar refractivity (Wildman–Crippen MR) is 107 cm³/mol. The summed E-state index contributed by atoms with van der Waals surface area (Å²) in [4.78, 5) is 18.5. The highest BCUT2D eigenvalue weighted by atomic mass is 35.5. The molecule has 3 heterocycles. The molecule has 0 radical (unpaired) electrons. The quantitative estimate of drug-likeness (QED) is 0.758. The number of halogens is 4. The number of hydrogen-bond donors (Lipinski definition) is 1. The maximum Gasteiger partial charge on any atom is 0.417 e. The number of nitrogens with zero attached hydrogens (tertiary/aromatic N) is 2.